The highest BCUT2D eigenvalue weighted by atomic mass is 32.1. The topological polar surface area (TPSA) is 55.1 Å². The second-order valence-electron chi connectivity index (χ2n) is 4.07. The fourth-order valence-electron chi connectivity index (χ4n) is 1.71. The van der Waals surface area contributed by atoms with Gasteiger partial charge >= 0.3 is 0 Å². The van der Waals surface area contributed by atoms with E-state index in [9.17, 15) is 5.26 Å². The van der Waals surface area contributed by atoms with E-state index in [0.29, 0.717) is 22.1 Å². The summed E-state index contributed by atoms with van der Waals surface area (Å²) in [5.74, 6) is 1.37. The monoisotopic (exact) mass is 286 g/mol. The number of ether oxygens (including phenoxy) is 2. The molecule has 0 radical (unpaired) electrons. The van der Waals surface area contributed by atoms with Crippen molar-refractivity contribution in [3.8, 4) is 17.6 Å². The highest BCUT2D eigenvalue weighted by Gasteiger charge is 2.09. The number of nitrogens with zero attached hydrogens (tertiary/aromatic N) is 2. The average Bonchev–Trinajstić information content (AvgIpc) is 2.91. The molecule has 0 spiro atoms. The van der Waals surface area contributed by atoms with E-state index in [4.69, 9.17) is 9.47 Å². The van der Waals surface area contributed by atoms with Gasteiger partial charge in [0, 0.05) is 22.7 Å². The summed E-state index contributed by atoms with van der Waals surface area (Å²) in [4.78, 5) is 4.33. The fourth-order valence-corrected chi connectivity index (χ4v) is 2.48. The van der Waals surface area contributed by atoms with Crippen molar-refractivity contribution in [1.82, 2.24) is 4.98 Å². The lowest BCUT2D eigenvalue weighted by atomic mass is 10.1. The first-order chi connectivity index (χ1) is 9.67. The van der Waals surface area contributed by atoms with Gasteiger partial charge in [0.05, 0.1) is 19.8 Å². The summed E-state index contributed by atoms with van der Waals surface area (Å²) in [6, 6.07) is 7.65. The Morgan fingerprint density at radius 3 is 2.70 bits per heavy atom. The van der Waals surface area contributed by atoms with Crippen LogP contribution in [0.3, 0.4) is 0 Å². The minimum Gasteiger partial charge on any atom is -0.497 e. The third-order valence-corrected chi connectivity index (χ3v) is 3.70. The molecule has 0 fully saturated rings. The summed E-state index contributed by atoms with van der Waals surface area (Å²) in [6.45, 7) is 1.91. The largest absolute Gasteiger partial charge is 0.497 e. The van der Waals surface area contributed by atoms with Crippen LogP contribution in [0, 0.1) is 18.3 Å². The van der Waals surface area contributed by atoms with Crippen LogP contribution >= 0.6 is 11.3 Å². The first-order valence-corrected chi connectivity index (χ1v) is 6.82. The highest BCUT2D eigenvalue weighted by molar-refractivity contribution is 7.11. The lowest BCUT2D eigenvalue weighted by Gasteiger charge is -2.07. The molecule has 102 valence electrons. The summed E-state index contributed by atoms with van der Waals surface area (Å²) < 4.78 is 10.5. The molecular formula is C15H14N2O2S. The second-order valence-corrected chi connectivity index (χ2v) is 4.93. The summed E-state index contributed by atoms with van der Waals surface area (Å²) in [6.07, 6.45) is 1.77. The van der Waals surface area contributed by atoms with Crippen LogP contribution in [-0.2, 0) is 0 Å². The highest BCUT2D eigenvalue weighted by Crippen LogP contribution is 2.29. The van der Waals surface area contributed by atoms with E-state index in [0.717, 1.165) is 11.3 Å². The molecule has 0 aliphatic heterocycles. The summed E-state index contributed by atoms with van der Waals surface area (Å²) in [5, 5.41) is 11.9. The third kappa shape index (κ3) is 2.98. The first kappa shape index (κ1) is 14.1. The molecule has 0 aliphatic rings. The van der Waals surface area contributed by atoms with Crippen molar-refractivity contribution in [1.29, 1.82) is 5.26 Å². The van der Waals surface area contributed by atoms with Gasteiger partial charge in [-0.05, 0) is 25.1 Å². The molecule has 0 aliphatic carbocycles. The van der Waals surface area contributed by atoms with Crippen LogP contribution in [0.4, 0.5) is 0 Å². The predicted molar refractivity (Wildman–Crippen MR) is 79.9 cm³/mol. The molecule has 0 bridgehead atoms. The van der Waals surface area contributed by atoms with Crippen LogP contribution in [0.2, 0.25) is 0 Å². The van der Waals surface area contributed by atoms with Gasteiger partial charge in [-0.3, -0.25) is 0 Å². The van der Waals surface area contributed by atoms with Gasteiger partial charge in [0.15, 0.2) is 0 Å². The molecule has 0 N–H and O–H groups in total. The molecule has 0 amide bonds. The minimum absolute atomic E-state index is 0.520. The van der Waals surface area contributed by atoms with Crippen molar-refractivity contribution in [2.45, 2.75) is 6.92 Å². The van der Waals surface area contributed by atoms with Gasteiger partial charge in [-0.1, -0.05) is 0 Å². The number of nitriles is 1. The number of thiazole rings is 1. The van der Waals surface area contributed by atoms with Crippen molar-refractivity contribution in [3.05, 3.63) is 39.8 Å². The minimum atomic E-state index is 0.520. The van der Waals surface area contributed by atoms with Gasteiger partial charge in [0.2, 0.25) is 0 Å². The Bertz CT molecular complexity index is 683. The van der Waals surface area contributed by atoms with E-state index in [2.05, 4.69) is 11.1 Å². The molecule has 1 heterocycles. The summed E-state index contributed by atoms with van der Waals surface area (Å²) in [7, 11) is 3.19. The fraction of sp³-hybridized carbons (Fsp3) is 0.200. The zero-order valence-electron chi connectivity index (χ0n) is 11.5. The van der Waals surface area contributed by atoms with E-state index in [1.54, 1.807) is 26.4 Å². The number of allylic oxidation sites excluding steroid dienone is 1. The Morgan fingerprint density at radius 2 is 2.15 bits per heavy atom. The van der Waals surface area contributed by atoms with Gasteiger partial charge < -0.3 is 9.47 Å². The number of rotatable bonds is 4. The lowest BCUT2D eigenvalue weighted by Crippen LogP contribution is -1.90. The van der Waals surface area contributed by atoms with E-state index in [-0.39, 0.29) is 0 Å². The number of methoxy groups -OCH3 is 2. The average molecular weight is 286 g/mol. The first-order valence-electron chi connectivity index (χ1n) is 5.94. The normalized spacial score (nSPS) is 11.0. The zero-order chi connectivity index (χ0) is 14.5. The van der Waals surface area contributed by atoms with E-state index in [1.807, 2.05) is 24.4 Å². The second kappa shape index (κ2) is 6.22. The van der Waals surface area contributed by atoms with E-state index in [1.165, 1.54) is 11.3 Å². The zero-order valence-corrected chi connectivity index (χ0v) is 12.3. The molecule has 0 saturated heterocycles. The molecular weight excluding hydrogens is 272 g/mol. The van der Waals surface area contributed by atoms with Crippen molar-refractivity contribution in [2.24, 2.45) is 0 Å². The predicted octanol–water partition coefficient (Wildman–Crippen LogP) is 3.53. The number of benzene rings is 1. The Labute approximate surface area is 121 Å². The van der Waals surface area contributed by atoms with Crippen molar-refractivity contribution in [2.75, 3.05) is 14.2 Å². The molecule has 20 heavy (non-hydrogen) atoms. The van der Waals surface area contributed by atoms with Crippen LogP contribution in [0.25, 0.3) is 11.6 Å². The number of aromatic nitrogens is 1. The van der Waals surface area contributed by atoms with Crippen LogP contribution in [0.15, 0.2) is 23.6 Å². The standard InChI is InChI=1S/C15H14N2O2S/c1-10-9-20-15(17-10)12(8-16)6-11-4-5-13(18-2)7-14(11)19-3/h4-7,9H,1-3H3/b12-6-. The van der Waals surface area contributed by atoms with Gasteiger partial charge in [-0.2, -0.15) is 5.26 Å². The van der Waals surface area contributed by atoms with Crippen molar-refractivity contribution >= 4 is 23.0 Å². The Kier molecular flexibility index (Phi) is 4.38. The molecule has 5 heteroatoms. The number of aryl methyl sites for hydroxylation is 1. The molecule has 2 aromatic rings. The van der Waals surface area contributed by atoms with Crippen molar-refractivity contribution in [3.63, 3.8) is 0 Å². The molecule has 4 nitrogen and oxygen atoms in total. The maximum absolute atomic E-state index is 9.30. The van der Waals surface area contributed by atoms with E-state index >= 15 is 0 Å². The van der Waals surface area contributed by atoms with E-state index < -0.39 is 0 Å². The Balaban J connectivity index is 2.45. The summed E-state index contributed by atoms with van der Waals surface area (Å²) >= 11 is 1.46. The Hall–Kier alpha value is -2.32. The smallest absolute Gasteiger partial charge is 0.134 e. The quantitative estimate of drug-likeness (QED) is 0.807. The molecule has 0 saturated carbocycles. The van der Waals surface area contributed by atoms with Gasteiger partial charge in [0.1, 0.15) is 22.6 Å². The van der Waals surface area contributed by atoms with Gasteiger partial charge in [-0.15, -0.1) is 11.3 Å². The molecule has 1 aromatic carbocycles. The number of hydrogen-bond acceptors (Lipinski definition) is 5. The summed E-state index contributed by atoms with van der Waals surface area (Å²) in [5.41, 5.74) is 2.25. The van der Waals surface area contributed by atoms with Crippen LogP contribution < -0.4 is 9.47 Å². The maximum atomic E-state index is 9.30. The Morgan fingerprint density at radius 1 is 1.35 bits per heavy atom. The van der Waals surface area contributed by atoms with Crippen LogP contribution in [0.1, 0.15) is 16.3 Å². The SMILES string of the molecule is COc1ccc(/C=C(/C#N)c2nc(C)cs2)c(OC)c1. The molecule has 0 unspecified atom stereocenters. The molecule has 2 rings (SSSR count). The maximum Gasteiger partial charge on any atom is 0.134 e. The molecule has 1 aromatic heterocycles. The van der Waals surface area contributed by atoms with Gasteiger partial charge in [-0.25, -0.2) is 4.98 Å². The van der Waals surface area contributed by atoms with Gasteiger partial charge in [0.25, 0.3) is 0 Å². The number of hydrogen-bond donors (Lipinski definition) is 0. The third-order valence-electron chi connectivity index (χ3n) is 2.71. The van der Waals surface area contributed by atoms with Crippen LogP contribution in [0.5, 0.6) is 11.5 Å². The van der Waals surface area contributed by atoms with Crippen molar-refractivity contribution < 1.29 is 9.47 Å². The lowest BCUT2D eigenvalue weighted by molar-refractivity contribution is 0.394. The van der Waals surface area contributed by atoms with Crippen LogP contribution in [-0.4, -0.2) is 19.2 Å². The molecule has 0 atom stereocenters.